The second kappa shape index (κ2) is 9.31. The molecule has 1 aliphatic heterocycles. The Hall–Kier alpha value is -3.64. The quantitative estimate of drug-likeness (QED) is 0.477. The molecule has 180 valence electrons. The Balaban J connectivity index is 1.51. The van der Waals surface area contributed by atoms with E-state index in [1.807, 2.05) is 0 Å². The van der Waals surface area contributed by atoms with E-state index in [2.05, 4.69) is 9.44 Å². The van der Waals surface area contributed by atoms with Crippen LogP contribution in [0.2, 0.25) is 0 Å². The zero-order chi connectivity index (χ0) is 24.3. The molecule has 10 nitrogen and oxygen atoms in total. The fourth-order valence-corrected chi connectivity index (χ4v) is 5.34. The molecular formula is C22H22N2O8S2. The Labute approximate surface area is 197 Å². The molecule has 1 aliphatic rings. The Morgan fingerprint density at radius 2 is 1.35 bits per heavy atom. The number of anilines is 2. The summed E-state index contributed by atoms with van der Waals surface area (Å²) in [4.78, 5) is -0.0747. The molecule has 3 aromatic carbocycles. The van der Waals surface area contributed by atoms with Crippen LogP contribution < -0.4 is 28.4 Å². The lowest BCUT2D eigenvalue weighted by molar-refractivity contribution is 0.171. The Morgan fingerprint density at radius 1 is 0.706 bits per heavy atom. The normalized spacial score (nSPS) is 13.1. The fourth-order valence-electron chi connectivity index (χ4n) is 3.19. The van der Waals surface area contributed by atoms with Crippen LogP contribution in [-0.2, 0) is 20.0 Å². The van der Waals surface area contributed by atoms with E-state index < -0.39 is 20.0 Å². The monoisotopic (exact) mass is 506 g/mol. The van der Waals surface area contributed by atoms with E-state index in [1.165, 1.54) is 62.8 Å². The summed E-state index contributed by atoms with van der Waals surface area (Å²) >= 11 is 0. The van der Waals surface area contributed by atoms with Crippen LogP contribution in [0.4, 0.5) is 11.4 Å². The van der Waals surface area contributed by atoms with Crippen molar-refractivity contribution in [1.29, 1.82) is 0 Å². The average molecular weight is 507 g/mol. The van der Waals surface area contributed by atoms with E-state index in [4.69, 9.17) is 18.9 Å². The predicted molar refractivity (Wildman–Crippen MR) is 125 cm³/mol. The molecule has 0 aromatic heterocycles. The second-order valence-electron chi connectivity index (χ2n) is 7.11. The minimum absolute atomic E-state index is 0.0123. The van der Waals surface area contributed by atoms with E-state index in [0.29, 0.717) is 30.5 Å². The molecule has 34 heavy (non-hydrogen) atoms. The van der Waals surface area contributed by atoms with Gasteiger partial charge in [-0.15, -0.1) is 0 Å². The molecule has 0 amide bonds. The number of fused-ring (bicyclic) bond motifs is 1. The van der Waals surface area contributed by atoms with Crippen molar-refractivity contribution in [3.05, 3.63) is 60.7 Å². The first-order valence-corrected chi connectivity index (χ1v) is 13.0. The van der Waals surface area contributed by atoms with Gasteiger partial charge in [-0.05, 0) is 48.5 Å². The largest absolute Gasteiger partial charge is 0.497 e. The molecule has 0 atom stereocenters. The number of benzene rings is 3. The van der Waals surface area contributed by atoms with E-state index >= 15 is 0 Å². The number of nitrogens with one attached hydrogen (secondary N) is 2. The molecule has 2 N–H and O–H groups in total. The van der Waals surface area contributed by atoms with Crippen LogP contribution in [0, 0.1) is 0 Å². The van der Waals surface area contributed by atoms with Crippen LogP contribution >= 0.6 is 0 Å². The minimum atomic E-state index is -3.97. The number of hydrogen-bond donors (Lipinski definition) is 2. The zero-order valence-corrected chi connectivity index (χ0v) is 19.9. The highest BCUT2D eigenvalue weighted by Gasteiger charge is 2.21. The van der Waals surface area contributed by atoms with Crippen molar-refractivity contribution >= 4 is 31.4 Å². The van der Waals surface area contributed by atoms with Gasteiger partial charge in [0.2, 0.25) is 0 Å². The van der Waals surface area contributed by atoms with Crippen LogP contribution in [0.3, 0.4) is 0 Å². The Kier molecular flexibility index (Phi) is 6.44. The molecule has 0 fully saturated rings. The van der Waals surface area contributed by atoms with Crippen LogP contribution in [0.5, 0.6) is 23.0 Å². The second-order valence-corrected chi connectivity index (χ2v) is 10.5. The molecule has 0 bridgehead atoms. The number of sulfonamides is 2. The van der Waals surface area contributed by atoms with Crippen LogP contribution in [0.1, 0.15) is 0 Å². The smallest absolute Gasteiger partial charge is 0.262 e. The summed E-state index contributed by atoms with van der Waals surface area (Å²) in [6.45, 7) is 0.725. The minimum Gasteiger partial charge on any atom is -0.497 e. The predicted octanol–water partition coefficient (Wildman–Crippen LogP) is 3.08. The maximum absolute atomic E-state index is 12.8. The highest BCUT2D eigenvalue weighted by atomic mass is 32.2. The van der Waals surface area contributed by atoms with Gasteiger partial charge in [-0.3, -0.25) is 9.44 Å². The van der Waals surface area contributed by atoms with Gasteiger partial charge in [-0.2, -0.15) is 0 Å². The summed E-state index contributed by atoms with van der Waals surface area (Å²) in [6.07, 6.45) is 0. The zero-order valence-electron chi connectivity index (χ0n) is 18.3. The lowest BCUT2D eigenvalue weighted by atomic mass is 10.3. The van der Waals surface area contributed by atoms with Crippen molar-refractivity contribution in [2.75, 3.05) is 36.9 Å². The van der Waals surface area contributed by atoms with E-state index in [1.54, 1.807) is 12.1 Å². The third kappa shape index (κ3) is 4.97. The highest BCUT2D eigenvalue weighted by molar-refractivity contribution is 7.93. The van der Waals surface area contributed by atoms with Gasteiger partial charge in [0.15, 0.2) is 11.5 Å². The van der Waals surface area contributed by atoms with Crippen molar-refractivity contribution in [1.82, 2.24) is 0 Å². The fraction of sp³-hybridized carbons (Fsp3) is 0.182. The van der Waals surface area contributed by atoms with Gasteiger partial charge in [0.25, 0.3) is 20.0 Å². The number of ether oxygens (including phenoxy) is 4. The van der Waals surface area contributed by atoms with Crippen molar-refractivity contribution in [2.24, 2.45) is 0 Å². The van der Waals surface area contributed by atoms with Gasteiger partial charge in [0, 0.05) is 17.8 Å². The van der Waals surface area contributed by atoms with Crippen molar-refractivity contribution < 1.29 is 35.8 Å². The average Bonchev–Trinajstić information content (AvgIpc) is 2.84. The van der Waals surface area contributed by atoms with Gasteiger partial charge in [-0.1, -0.05) is 0 Å². The van der Waals surface area contributed by atoms with Crippen LogP contribution in [-0.4, -0.2) is 44.3 Å². The maximum atomic E-state index is 12.8. The van der Waals surface area contributed by atoms with Crippen LogP contribution in [0.25, 0.3) is 0 Å². The lowest BCUT2D eigenvalue weighted by Gasteiger charge is -2.19. The van der Waals surface area contributed by atoms with Crippen molar-refractivity contribution in [3.63, 3.8) is 0 Å². The first-order valence-electron chi connectivity index (χ1n) is 9.99. The molecule has 0 aliphatic carbocycles. The molecule has 12 heteroatoms. The molecule has 0 radical (unpaired) electrons. The number of methoxy groups -OCH3 is 2. The van der Waals surface area contributed by atoms with E-state index in [0.717, 1.165) is 0 Å². The molecule has 0 spiro atoms. The van der Waals surface area contributed by atoms with Gasteiger partial charge in [-0.25, -0.2) is 16.8 Å². The van der Waals surface area contributed by atoms with E-state index in [-0.39, 0.29) is 26.9 Å². The number of rotatable bonds is 8. The summed E-state index contributed by atoms with van der Waals surface area (Å²) in [5.74, 6) is 1.61. The summed E-state index contributed by atoms with van der Waals surface area (Å²) in [5.41, 5.74) is 0.419. The Bertz CT molecular complexity index is 1410. The summed E-state index contributed by atoms with van der Waals surface area (Å²) < 4.78 is 77.2. The Morgan fingerprint density at radius 3 is 2.03 bits per heavy atom. The van der Waals surface area contributed by atoms with E-state index in [9.17, 15) is 16.8 Å². The third-order valence-corrected chi connectivity index (χ3v) is 7.65. The van der Waals surface area contributed by atoms with Crippen LogP contribution in [0.15, 0.2) is 70.5 Å². The third-order valence-electron chi connectivity index (χ3n) is 4.89. The lowest BCUT2D eigenvalue weighted by Crippen LogP contribution is -2.17. The van der Waals surface area contributed by atoms with Crippen molar-refractivity contribution in [3.8, 4) is 23.0 Å². The summed E-state index contributed by atoms with van der Waals surface area (Å²) in [5, 5.41) is 0. The summed E-state index contributed by atoms with van der Waals surface area (Å²) in [6, 6.07) is 14.3. The SMILES string of the molecule is COc1ccc(NS(=O)(=O)c2ccc(NS(=O)(=O)c3ccc4c(c3)OCCO4)cc2)c(OC)c1. The first-order chi connectivity index (χ1) is 16.2. The van der Waals surface area contributed by atoms with Crippen molar-refractivity contribution in [2.45, 2.75) is 9.79 Å². The topological polar surface area (TPSA) is 129 Å². The van der Waals surface area contributed by atoms with Gasteiger partial charge < -0.3 is 18.9 Å². The number of hydrogen-bond acceptors (Lipinski definition) is 8. The molecular weight excluding hydrogens is 484 g/mol. The highest BCUT2D eigenvalue weighted by Crippen LogP contribution is 2.33. The van der Waals surface area contributed by atoms with Gasteiger partial charge >= 0.3 is 0 Å². The molecule has 1 heterocycles. The summed E-state index contributed by atoms with van der Waals surface area (Å²) in [7, 11) is -5.01. The molecule has 0 unspecified atom stereocenters. The molecule has 0 saturated carbocycles. The standard InChI is InChI=1S/C22H22N2O8S2/c1-29-16-5-9-19(21(13-16)30-2)24-33(25,26)17-6-3-15(4-7-17)23-34(27,28)18-8-10-20-22(14-18)32-12-11-31-20/h3-10,13-14,23-24H,11-12H2,1-2H3. The first kappa shape index (κ1) is 23.5. The maximum Gasteiger partial charge on any atom is 0.262 e. The van der Waals surface area contributed by atoms with Gasteiger partial charge in [0.1, 0.15) is 24.7 Å². The van der Waals surface area contributed by atoms with Gasteiger partial charge in [0.05, 0.1) is 29.7 Å². The molecule has 3 aromatic rings. The molecule has 4 rings (SSSR count). The molecule has 0 saturated heterocycles.